The topological polar surface area (TPSA) is 71.5 Å². The fraction of sp³-hybridized carbons (Fsp3) is 0.238. The number of hydrogen-bond acceptors (Lipinski definition) is 6. The summed E-state index contributed by atoms with van der Waals surface area (Å²) in [6.07, 6.45) is 7.57. The molecule has 0 radical (unpaired) electrons. The Morgan fingerprint density at radius 2 is 1.89 bits per heavy atom. The molecule has 0 atom stereocenters. The fourth-order valence-electron chi connectivity index (χ4n) is 3.28. The Morgan fingerprint density at radius 3 is 2.68 bits per heavy atom. The number of fused-ring (bicyclic) bond motifs is 2. The van der Waals surface area contributed by atoms with Crippen LogP contribution in [0, 0.1) is 0 Å². The summed E-state index contributed by atoms with van der Waals surface area (Å²) in [5.41, 5.74) is 2.29. The third kappa shape index (κ3) is 3.26. The van der Waals surface area contributed by atoms with Crippen molar-refractivity contribution in [2.45, 2.75) is 13.3 Å². The quantitative estimate of drug-likeness (QED) is 0.682. The molecule has 0 spiro atoms. The summed E-state index contributed by atoms with van der Waals surface area (Å²) >= 11 is 0. The van der Waals surface area contributed by atoms with Gasteiger partial charge >= 0.3 is 0 Å². The summed E-state index contributed by atoms with van der Waals surface area (Å²) in [6.45, 7) is 3.18. The van der Waals surface area contributed by atoms with Gasteiger partial charge in [0.05, 0.1) is 17.9 Å². The zero-order valence-corrected chi connectivity index (χ0v) is 15.9. The van der Waals surface area contributed by atoms with Gasteiger partial charge in [-0.1, -0.05) is 0 Å². The van der Waals surface area contributed by atoms with E-state index in [9.17, 15) is 4.79 Å². The van der Waals surface area contributed by atoms with Gasteiger partial charge < -0.3 is 14.5 Å². The summed E-state index contributed by atoms with van der Waals surface area (Å²) in [4.78, 5) is 29.8. The van der Waals surface area contributed by atoms with E-state index in [1.807, 2.05) is 42.2 Å². The normalized spacial score (nSPS) is 13.0. The molecule has 0 saturated carbocycles. The van der Waals surface area contributed by atoms with Crippen molar-refractivity contribution in [1.29, 1.82) is 0 Å². The molecule has 28 heavy (non-hydrogen) atoms. The summed E-state index contributed by atoms with van der Waals surface area (Å²) in [6, 6.07) is 9.28. The van der Waals surface area contributed by atoms with Crippen LogP contribution in [-0.2, 0) is 6.42 Å². The number of pyridine rings is 3. The van der Waals surface area contributed by atoms with Gasteiger partial charge in [-0.2, -0.15) is 0 Å². The first-order valence-corrected chi connectivity index (χ1v) is 9.21. The van der Waals surface area contributed by atoms with Gasteiger partial charge in [0.1, 0.15) is 11.6 Å². The number of ether oxygens (including phenoxy) is 1. The second-order valence-electron chi connectivity index (χ2n) is 6.45. The van der Waals surface area contributed by atoms with E-state index in [4.69, 9.17) is 4.74 Å². The van der Waals surface area contributed by atoms with Crippen LogP contribution in [0.3, 0.4) is 0 Å². The van der Waals surface area contributed by atoms with Gasteiger partial charge in [-0.25, -0.2) is 9.97 Å². The van der Waals surface area contributed by atoms with Crippen molar-refractivity contribution in [2.75, 3.05) is 30.0 Å². The van der Waals surface area contributed by atoms with Crippen LogP contribution in [0.25, 0.3) is 0 Å². The first kappa shape index (κ1) is 17.9. The van der Waals surface area contributed by atoms with Crippen LogP contribution in [0.15, 0.2) is 55.1 Å². The number of amides is 1. The monoisotopic (exact) mass is 375 g/mol. The van der Waals surface area contributed by atoms with Crippen molar-refractivity contribution in [1.82, 2.24) is 15.0 Å². The van der Waals surface area contributed by atoms with Crippen LogP contribution >= 0.6 is 0 Å². The van der Waals surface area contributed by atoms with Crippen LogP contribution in [0.2, 0.25) is 0 Å². The number of hydrogen-bond donors (Lipinski definition) is 0. The molecule has 3 aromatic rings. The molecule has 1 aliphatic rings. The molecule has 0 aliphatic carbocycles. The molecule has 0 saturated heterocycles. The Labute approximate surface area is 163 Å². The van der Waals surface area contributed by atoms with Crippen molar-refractivity contribution < 1.29 is 9.53 Å². The minimum Gasteiger partial charge on any atom is -0.493 e. The predicted molar refractivity (Wildman–Crippen MR) is 107 cm³/mol. The predicted octanol–water partition coefficient (Wildman–Crippen LogP) is 3.24. The van der Waals surface area contributed by atoms with E-state index in [-0.39, 0.29) is 5.91 Å². The van der Waals surface area contributed by atoms with Gasteiger partial charge in [0.15, 0.2) is 5.82 Å². The van der Waals surface area contributed by atoms with Crippen LogP contribution in [0.4, 0.5) is 17.3 Å². The molecule has 0 unspecified atom stereocenters. The van der Waals surface area contributed by atoms with Crippen LogP contribution in [-0.4, -0.2) is 41.1 Å². The highest BCUT2D eigenvalue weighted by Gasteiger charge is 2.30. The molecule has 7 nitrogen and oxygen atoms in total. The van der Waals surface area contributed by atoms with Crippen molar-refractivity contribution in [3.8, 4) is 5.75 Å². The fourth-order valence-corrected chi connectivity index (χ4v) is 3.28. The van der Waals surface area contributed by atoms with E-state index in [1.54, 1.807) is 36.7 Å². The van der Waals surface area contributed by atoms with E-state index in [0.717, 1.165) is 22.8 Å². The second kappa shape index (κ2) is 7.64. The van der Waals surface area contributed by atoms with E-state index in [0.29, 0.717) is 31.0 Å². The van der Waals surface area contributed by atoms with Crippen molar-refractivity contribution in [3.05, 3.63) is 66.2 Å². The van der Waals surface area contributed by atoms with Crippen LogP contribution in [0.5, 0.6) is 5.75 Å². The molecule has 4 rings (SSSR count). The molecule has 0 fully saturated rings. The number of nitrogens with zero attached hydrogens (tertiary/aromatic N) is 5. The molecule has 0 N–H and O–H groups in total. The highest BCUT2D eigenvalue weighted by Crippen LogP contribution is 2.37. The number of rotatable bonds is 5. The first-order chi connectivity index (χ1) is 13.7. The Bertz CT molecular complexity index is 993. The Hall–Kier alpha value is -3.48. The number of carbonyl (C=O) groups excluding carboxylic acids is 1. The second-order valence-corrected chi connectivity index (χ2v) is 6.45. The minimum absolute atomic E-state index is 0.0930. The SMILES string of the molecule is CCN1c2ncc(CCOc3ccncc3)cc2C(=O)N(C)c2cccnc21. The average Bonchev–Trinajstić information content (AvgIpc) is 2.83. The molecule has 142 valence electrons. The standard InChI is InChI=1S/C21H21N5O2/c1-3-26-19-17(21(27)25(2)18-5-4-9-23-20(18)26)13-15(14-24-19)8-12-28-16-6-10-22-11-7-16/h4-7,9-11,13-14H,3,8,12H2,1-2H3. The maximum atomic E-state index is 13.1. The van der Waals surface area contributed by atoms with Crippen molar-refractivity contribution in [2.24, 2.45) is 0 Å². The third-order valence-corrected chi connectivity index (χ3v) is 4.72. The molecule has 4 heterocycles. The Balaban J connectivity index is 1.62. The summed E-state index contributed by atoms with van der Waals surface area (Å²) in [7, 11) is 1.77. The summed E-state index contributed by atoms with van der Waals surface area (Å²) < 4.78 is 5.74. The Kier molecular flexibility index (Phi) is 4.89. The average molecular weight is 375 g/mol. The number of aromatic nitrogens is 3. The molecule has 0 bridgehead atoms. The number of carbonyl (C=O) groups is 1. The zero-order chi connectivity index (χ0) is 19.5. The molecule has 1 aliphatic heterocycles. The van der Waals surface area contributed by atoms with Gasteiger partial charge in [0, 0.05) is 44.8 Å². The van der Waals surface area contributed by atoms with Crippen molar-refractivity contribution >= 4 is 23.2 Å². The van der Waals surface area contributed by atoms with E-state index in [2.05, 4.69) is 15.0 Å². The van der Waals surface area contributed by atoms with Gasteiger partial charge in [-0.3, -0.25) is 9.78 Å². The van der Waals surface area contributed by atoms with Crippen LogP contribution < -0.4 is 14.5 Å². The summed E-state index contributed by atoms with van der Waals surface area (Å²) in [5.74, 6) is 2.05. The molecule has 1 amide bonds. The van der Waals surface area contributed by atoms with Gasteiger partial charge in [-0.15, -0.1) is 0 Å². The third-order valence-electron chi connectivity index (χ3n) is 4.72. The highest BCUT2D eigenvalue weighted by molar-refractivity contribution is 6.12. The molecule has 7 heteroatoms. The summed E-state index contributed by atoms with van der Waals surface area (Å²) in [5, 5.41) is 0. The highest BCUT2D eigenvalue weighted by atomic mass is 16.5. The molecular weight excluding hydrogens is 354 g/mol. The van der Waals surface area contributed by atoms with Gasteiger partial charge in [0.25, 0.3) is 5.91 Å². The van der Waals surface area contributed by atoms with E-state index >= 15 is 0 Å². The van der Waals surface area contributed by atoms with Gasteiger partial charge in [-0.05, 0) is 42.8 Å². The largest absolute Gasteiger partial charge is 0.493 e. The number of anilines is 3. The zero-order valence-electron chi connectivity index (χ0n) is 15.9. The Morgan fingerprint density at radius 1 is 1.07 bits per heavy atom. The van der Waals surface area contributed by atoms with Crippen LogP contribution in [0.1, 0.15) is 22.8 Å². The van der Waals surface area contributed by atoms with E-state index in [1.165, 1.54) is 0 Å². The maximum Gasteiger partial charge on any atom is 0.261 e. The van der Waals surface area contributed by atoms with E-state index < -0.39 is 0 Å². The first-order valence-electron chi connectivity index (χ1n) is 9.21. The smallest absolute Gasteiger partial charge is 0.261 e. The minimum atomic E-state index is -0.0930. The van der Waals surface area contributed by atoms with Gasteiger partial charge in [0.2, 0.25) is 0 Å². The lowest BCUT2D eigenvalue weighted by molar-refractivity contribution is 0.0994. The lowest BCUT2D eigenvalue weighted by atomic mass is 10.1. The van der Waals surface area contributed by atoms with Crippen molar-refractivity contribution in [3.63, 3.8) is 0 Å². The molecular formula is C21H21N5O2. The molecule has 0 aromatic carbocycles. The maximum absolute atomic E-state index is 13.1. The lowest BCUT2D eigenvalue weighted by Crippen LogP contribution is -2.25. The molecule has 3 aromatic heterocycles. The lowest BCUT2D eigenvalue weighted by Gasteiger charge is -2.22.